The van der Waals surface area contributed by atoms with Gasteiger partial charge in [-0.3, -0.25) is 9.59 Å². The number of nitrogens with zero attached hydrogens (tertiary/aromatic N) is 2. The Labute approximate surface area is 205 Å². The van der Waals surface area contributed by atoms with Gasteiger partial charge in [0.05, 0.1) is 7.11 Å². The molecule has 1 saturated heterocycles. The van der Waals surface area contributed by atoms with Crippen LogP contribution in [0.25, 0.3) is 0 Å². The van der Waals surface area contributed by atoms with Crippen LogP contribution >= 0.6 is 0 Å². The van der Waals surface area contributed by atoms with E-state index in [2.05, 4.69) is 5.32 Å². The molecule has 35 heavy (non-hydrogen) atoms. The number of hydrogen-bond donors (Lipinski definition) is 1. The maximum absolute atomic E-state index is 13.3. The highest BCUT2D eigenvalue weighted by atomic mass is 32.2. The molecule has 1 aliphatic heterocycles. The van der Waals surface area contributed by atoms with E-state index in [1.807, 2.05) is 30.3 Å². The van der Waals surface area contributed by atoms with Crippen LogP contribution in [-0.2, 0) is 21.4 Å². The lowest BCUT2D eigenvalue weighted by Gasteiger charge is -2.19. The first-order valence-corrected chi connectivity index (χ1v) is 12.6. The van der Waals surface area contributed by atoms with E-state index in [1.165, 1.54) is 36.7 Å². The summed E-state index contributed by atoms with van der Waals surface area (Å²) in [5.74, 6) is -0.216. The molecule has 3 aromatic rings. The van der Waals surface area contributed by atoms with Gasteiger partial charge < -0.3 is 15.0 Å². The lowest BCUT2D eigenvalue weighted by molar-refractivity contribution is -0.117. The molecule has 0 aromatic heterocycles. The van der Waals surface area contributed by atoms with Crippen LogP contribution in [0, 0.1) is 0 Å². The molecular formula is C26H27N3O5S. The molecule has 0 atom stereocenters. The fourth-order valence-corrected chi connectivity index (χ4v) is 5.30. The molecule has 1 aliphatic rings. The van der Waals surface area contributed by atoms with E-state index in [-0.39, 0.29) is 28.7 Å². The third kappa shape index (κ3) is 5.36. The van der Waals surface area contributed by atoms with Gasteiger partial charge >= 0.3 is 0 Å². The van der Waals surface area contributed by atoms with Crippen molar-refractivity contribution in [3.63, 3.8) is 0 Å². The van der Waals surface area contributed by atoms with Gasteiger partial charge in [-0.2, -0.15) is 4.31 Å². The molecule has 1 fully saturated rings. The highest BCUT2D eigenvalue weighted by Gasteiger charge is 2.27. The molecule has 0 unspecified atom stereocenters. The van der Waals surface area contributed by atoms with Gasteiger partial charge in [0.2, 0.25) is 15.9 Å². The van der Waals surface area contributed by atoms with Crippen molar-refractivity contribution in [2.45, 2.75) is 24.3 Å². The monoisotopic (exact) mass is 493 g/mol. The zero-order chi connectivity index (χ0) is 25.0. The van der Waals surface area contributed by atoms with E-state index in [9.17, 15) is 18.0 Å². The molecule has 1 heterocycles. The summed E-state index contributed by atoms with van der Waals surface area (Å²) >= 11 is 0. The van der Waals surface area contributed by atoms with E-state index in [0.717, 1.165) is 17.7 Å². The van der Waals surface area contributed by atoms with Crippen molar-refractivity contribution in [2.24, 2.45) is 0 Å². The van der Waals surface area contributed by atoms with Crippen LogP contribution in [0.3, 0.4) is 0 Å². The normalized spacial score (nSPS) is 13.8. The van der Waals surface area contributed by atoms with Gasteiger partial charge in [-0.1, -0.05) is 30.3 Å². The number of nitrogens with one attached hydrogen (secondary N) is 1. The molecule has 0 radical (unpaired) electrons. The molecule has 0 spiro atoms. The Kier molecular flexibility index (Phi) is 7.18. The summed E-state index contributed by atoms with van der Waals surface area (Å²) in [6.45, 7) is 0.862. The molecule has 0 bridgehead atoms. The van der Waals surface area contributed by atoms with E-state index in [4.69, 9.17) is 4.74 Å². The third-order valence-electron chi connectivity index (χ3n) is 5.87. The summed E-state index contributed by atoms with van der Waals surface area (Å²) in [4.78, 5) is 26.5. The minimum Gasteiger partial charge on any atom is -0.495 e. The molecule has 8 nitrogen and oxygen atoms in total. The first-order chi connectivity index (χ1) is 16.8. The van der Waals surface area contributed by atoms with Crippen LogP contribution in [-0.4, -0.2) is 45.2 Å². The van der Waals surface area contributed by atoms with Crippen molar-refractivity contribution in [1.82, 2.24) is 4.31 Å². The zero-order valence-corrected chi connectivity index (χ0v) is 20.4. The van der Waals surface area contributed by atoms with Crippen molar-refractivity contribution in [3.05, 3.63) is 83.9 Å². The maximum Gasteiger partial charge on any atom is 0.255 e. The van der Waals surface area contributed by atoms with E-state index >= 15 is 0 Å². The lowest BCUT2D eigenvalue weighted by Crippen LogP contribution is -2.27. The second-order valence-electron chi connectivity index (χ2n) is 8.26. The van der Waals surface area contributed by atoms with Gasteiger partial charge in [0.15, 0.2) is 0 Å². The molecule has 0 saturated carbocycles. The van der Waals surface area contributed by atoms with Gasteiger partial charge in [-0.15, -0.1) is 0 Å². The smallest absolute Gasteiger partial charge is 0.255 e. The molecule has 0 aliphatic carbocycles. The second kappa shape index (κ2) is 10.3. The van der Waals surface area contributed by atoms with Crippen molar-refractivity contribution < 1.29 is 22.7 Å². The number of rotatable bonds is 8. The van der Waals surface area contributed by atoms with Crippen LogP contribution in [0.5, 0.6) is 5.75 Å². The number of anilines is 2. The molecular weight excluding hydrogens is 466 g/mol. The summed E-state index contributed by atoms with van der Waals surface area (Å²) in [6.07, 6.45) is 1.38. The summed E-state index contributed by atoms with van der Waals surface area (Å²) in [5, 5.41) is 2.78. The molecule has 2 amide bonds. The average molecular weight is 494 g/mol. The molecule has 182 valence electrons. The van der Waals surface area contributed by atoms with Crippen molar-refractivity contribution in [2.75, 3.05) is 30.9 Å². The highest BCUT2D eigenvalue weighted by molar-refractivity contribution is 7.89. The Morgan fingerprint density at radius 1 is 1.06 bits per heavy atom. The Bertz CT molecular complexity index is 1320. The lowest BCUT2D eigenvalue weighted by atomic mass is 10.2. The molecule has 9 heteroatoms. The summed E-state index contributed by atoms with van der Waals surface area (Å²) in [5.41, 5.74) is 2.33. The van der Waals surface area contributed by atoms with Gasteiger partial charge in [-0.05, 0) is 54.4 Å². The Morgan fingerprint density at radius 2 is 1.77 bits per heavy atom. The molecule has 3 aromatic carbocycles. The van der Waals surface area contributed by atoms with E-state index < -0.39 is 15.9 Å². The zero-order valence-electron chi connectivity index (χ0n) is 19.6. The molecule has 4 rings (SSSR count). The number of carbonyl (C=O) groups is 2. The first kappa shape index (κ1) is 24.4. The summed E-state index contributed by atoms with van der Waals surface area (Å²) < 4.78 is 33.2. The van der Waals surface area contributed by atoms with Crippen molar-refractivity contribution >= 4 is 33.2 Å². The van der Waals surface area contributed by atoms with Gasteiger partial charge in [-0.25, -0.2) is 8.42 Å². The standard InChI is InChI=1S/C26H27N3O5S/c1-28(18-19-7-4-3-5-8-19)35(32,33)24-17-20(10-15-23(24)34-2)26(31)27-21-11-13-22(14-12-21)29-16-6-9-25(29)30/h3-5,7-8,10-15,17H,6,9,16,18H2,1-2H3,(H,27,31). The van der Waals surface area contributed by atoms with Crippen LogP contribution in [0.4, 0.5) is 11.4 Å². The number of hydrogen-bond acceptors (Lipinski definition) is 5. The van der Waals surface area contributed by atoms with Crippen molar-refractivity contribution in [3.8, 4) is 5.75 Å². The quantitative estimate of drug-likeness (QED) is 0.514. The van der Waals surface area contributed by atoms with Gasteiger partial charge in [0, 0.05) is 43.5 Å². The van der Waals surface area contributed by atoms with Crippen LogP contribution < -0.4 is 15.0 Å². The number of methoxy groups -OCH3 is 1. The van der Waals surface area contributed by atoms with Crippen LogP contribution in [0.1, 0.15) is 28.8 Å². The highest BCUT2D eigenvalue weighted by Crippen LogP contribution is 2.29. The number of benzene rings is 3. The van der Waals surface area contributed by atoms with Crippen molar-refractivity contribution in [1.29, 1.82) is 0 Å². The number of ether oxygens (including phenoxy) is 1. The molecule has 1 N–H and O–H groups in total. The minimum absolute atomic E-state index is 0.0889. The predicted octanol–water partition coefficient (Wildman–Crippen LogP) is 3.90. The largest absolute Gasteiger partial charge is 0.495 e. The number of amides is 2. The third-order valence-corrected chi connectivity index (χ3v) is 7.70. The SMILES string of the molecule is COc1ccc(C(=O)Nc2ccc(N3CCCC3=O)cc2)cc1S(=O)(=O)N(C)Cc1ccccc1. The van der Waals surface area contributed by atoms with Gasteiger partial charge in [0.1, 0.15) is 10.6 Å². The Balaban J connectivity index is 1.53. The van der Waals surface area contributed by atoms with Crippen LogP contribution in [0.2, 0.25) is 0 Å². The maximum atomic E-state index is 13.3. The Morgan fingerprint density at radius 3 is 2.40 bits per heavy atom. The van der Waals surface area contributed by atoms with E-state index in [1.54, 1.807) is 29.2 Å². The first-order valence-electron chi connectivity index (χ1n) is 11.2. The second-order valence-corrected chi connectivity index (χ2v) is 10.3. The Hall–Kier alpha value is -3.69. The van der Waals surface area contributed by atoms with Crippen LogP contribution in [0.15, 0.2) is 77.7 Å². The fraction of sp³-hybridized carbons (Fsp3) is 0.231. The number of carbonyl (C=O) groups excluding carboxylic acids is 2. The summed E-state index contributed by atoms with van der Waals surface area (Å²) in [7, 11) is -1.06. The minimum atomic E-state index is -3.94. The van der Waals surface area contributed by atoms with E-state index in [0.29, 0.717) is 18.7 Å². The summed E-state index contributed by atoms with van der Waals surface area (Å²) in [6, 6.07) is 20.5. The topological polar surface area (TPSA) is 96.0 Å². The average Bonchev–Trinajstić information content (AvgIpc) is 3.30. The fourth-order valence-electron chi connectivity index (χ4n) is 3.96. The number of sulfonamides is 1. The predicted molar refractivity (Wildman–Crippen MR) is 134 cm³/mol. The van der Waals surface area contributed by atoms with Gasteiger partial charge in [0.25, 0.3) is 5.91 Å².